The first-order chi connectivity index (χ1) is 8.58. The standard InChI is InChI=1S/C13H18N4O/c1-8(2)11-12(14)16-7-17-13(11)15-6-10-5-4-9(3)18-10/h4-5,7-8H,6H2,1-3H3,(H3,14,15,16,17). The molecule has 0 aliphatic rings. The van der Waals surface area contributed by atoms with Crippen molar-refractivity contribution < 1.29 is 4.42 Å². The van der Waals surface area contributed by atoms with E-state index >= 15 is 0 Å². The summed E-state index contributed by atoms with van der Waals surface area (Å²) in [7, 11) is 0. The van der Waals surface area contributed by atoms with Crippen molar-refractivity contribution in [3.8, 4) is 0 Å². The van der Waals surface area contributed by atoms with E-state index in [1.165, 1.54) is 6.33 Å². The number of nitrogen functional groups attached to an aromatic ring is 1. The van der Waals surface area contributed by atoms with Gasteiger partial charge in [0.25, 0.3) is 0 Å². The zero-order valence-corrected chi connectivity index (χ0v) is 10.9. The zero-order chi connectivity index (χ0) is 13.1. The lowest BCUT2D eigenvalue weighted by Gasteiger charge is -2.14. The molecule has 0 fully saturated rings. The topological polar surface area (TPSA) is 77.0 Å². The maximum atomic E-state index is 5.88. The summed E-state index contributed by atoms with van der Waals surface area (Å²) in [6, 6.07) is 3.89. The minimum atomic E-state index is 0.270. The van der Waals surface area contributed by atoms with E-state index in [1.54, 1.807) is 0 Å². The number of nitrogens with zero attached hydrogens (tertiary/aromatic N) is 2. The lowest BCUT2D eigenvalue weighted by atomic mass is 10.0. The second kappa shape index (κ2) is 5.08. The molecule has 0 radical (unpaired) electrons. The van der Waals surface area contributed by atoms with Crippen LogP contribution < -0.4 is 11.1 Å². The first kappa shape index (κ1) is 12.4. The van der Waals surface area contributed by atoms with E-state index in [4.69, 9.17) is 10.2 Å². The Morgan fingerprint density at radius 3 is 2.72 bits per heavy atom. The fourth-order valence-electron chi connectivity index (χ4n) is 1.87. The van der Waals surface area contributed by atoms with Crippen LogP contribution in [0.25, 0.3) is 0 Å². The van der Waals surface area contributed by atoms with Crippen molar-refractivity contribution >= 4 is 11.6 Å². The van der Waals surface area contributed by atoms with Crippen molar-refractivity contribution in [2.45, 2.75) is 33.2 Å². The molecule has 96 valence electrons. The van der Waals surface area contributed by atoms with Crippen LogP contribution in [0.2, 0.25) is 0 Å². The van der Waals surface area contributed by atoms with Crippen LogP contribution in [-0.2, 0) is 6.54 Å². The van der Waals surface area contributed by atoms with Crippen molar-refractivity contribution in [3.05, 3.63) is 35.5 Å². The van der Waals surface area contributed by atoms with Gasteiger partial charge in [0, 0.05) is 5.56 Å². The average Bonchev–Trinajstić information content (AvgIpc) is 2.72. The summed E-state index contributed by atoms with van der Waals surface area (Å²) in [5.41, 5.74) is 6.83. The quantitative estimate of drug-likeness (QED) is 0.867. The Morgan fingerprint density at radius 2 is 2.11 bits per heavy atom. The number of aromatic nitrogens is 2. The molecule has 2 aromatic rings. The van der Waals surface area contributed by atoms with Crippen molar-refractivity contribution in [2.24, 2.45) is 0 Å². The Morgan fingerprint density at radius 1 is 1.33 bits per heavy atom. The molecule has 2 heterocycles. The molecule has 0 unspecified atom stereocenters. The first-order valence-corrected chi connectivity index (χ1v) is 5.97. The number of nitrogens with one attached hydrogen (secondary N) is 1. The highest BCUT2D eigenvalue weighted by atomic mass is 16.3. The summed E-state index contributed by atoms with van der Waals surface area (Å²) in [4.78, 5) is 8.26. The van der Waals surface area contributed by atoms with Gasteiger partial charge in [-0.25, -0.2) is 9.97 Å². The van der Waals surface area contributed by atoms with Gasteiger partial charge in [-0.1, -0.05) is 13.8 Å². The van der Waals surface area contributed by atoms with Crippen LogP contribution in [0.5, 0.6) is 0 Å². The molecule has 0 aliphatic heterocycles. The number of nitrogens with two attached hydrogens (primary N) is 1. The fraction of sp³-hybridized carbons (Fsp3) is 0.385. The van der Waals surface area contributed by atoms with Gasteiger partial charge in [0.05, 0.1) is 6.54 Å². The van der Waals surface area contributed by atoms with Crippen molar-refractivity contribution in [1.29, 1.82) is 0 Å². The predicted octanol–water partition coefficient (Wildman–Crippen LogP) is 2.70. The molecule has 2 aromatic heterocycles. The molecular formula is C13H18N4O. The molecular weight excluding hydrogens is 228 g/mol. The van der Waals surface area contributed by atoms with Gasteiger partial charge in [0.2, 0.25) is 0 Å². The summed E-state index contributed by atoms with van der Waals surface area (Å²) in [5.74, 6) is 3.34. The molecule has 0 spiro atoms. The van der Waals surface area contributed by atoms with E-state index in [1.807, 2.05) is 19.1 Å². The number of hydrogen-bond acceptors (Lipinski definition) is 5. The molecule has 3 N–H and O–H groups in total. The van der Waals surface area contributed by atoms with Crippen LogP contribution in [0.3, 0.4) is 0 Å². The van der Waals surface area contributed by atoms with E-state index in [0.29, 0.717) is 12.4 Å². The van der Waals surface area contributed by atoms with E-state index < -0.39 is 0 Å². The van der Waals surface area contributed by atoms with Gasteiger partial charge in [-0.3, -0.25) is 0 Å². The third-order valence-electron chi connectivity index (χ3n) is 2.72. The third kappa shape index (κ3) is 2.61. The summed E-state index contributed by atoms with van der Waals surface area (Å²) >= 11 is 0. The molecule has 0 bridgehead atoms. The molecule has 5 nitrogen and oxygen atoms in total. The molecule has 0 amide bonds. The largest absolute Gasteiger partial charge is 0.465 e. The van der Waals surface area contributed by atoms with Gasteiger partial charge in [-0.05, 0) is 25.0 Å². The smallest absolute Gasteiger partial charge is 0.135 e. The predicted molar refractivity (Wildman–Crippen MR) is 71.3 cm³/mol. The molecule has 0 aromatic carbocycles. The maximum absolute atomic E-state index is 5.88. The Hall–Kier alpha value is -2.04. The lowest BCUT2D eigenvalue weighted by Crippen LogP contribution is -2.09. The number of anilines is 2. The second-order valence-electron chi connectivity index (χ2n) is 4.54. The Bertz CT molecular complexity index is 534. The highest BCUT2D eigenvalue weighted by Crippen LogP contribution is 2.26. The third-order valence-corrected chi connectivity index (χ3v) is 2.72. The van der Waals surface area contributed by atoms with E-state index in [-0.39, 0.29) is 5.92 Å². The lowest BCUT2D eigenvalue weighted by molar-refractivity contribution is 0.490. The second-order valence-corrected chi connectivity index (χ2v) is 4.54. The normalized spacial score (nSPS) is 10.9. The van der Waals surface area contributed by atoms with Crippen molar-refractivity contribution in [3.63, 3.8) is 0 Å². The molecule has 18 heavy (non-hydrogen) atoms. The first-order valence-electron chi connectivity index (χ1n) is 5.97. The van der Waals surface area contributed by atoms with Crippen LogP contribution in [0.15, 0.2) is 22.9 Å². The van der Waals surface area contributed by atoms with Gasteiger partial charge >= 0.3 is 0 Å². The van der Waals surface area contributed by atoms with Crippen LogP contribution in [0, 0.1) is 6.92 Å². The average molecular weight is 246 g/mol. The fourth-order valence-corrected chi connectivity index (χ4v) is 1.87. The number of aryl methyl sites for hydroxylation is 1. The van der Waals surface area contributed by atoms with Crippen LogP contribution in [-0.4, -0.2) is 9.97 Å². The summed E-state index contributed by atoms with van der Waals surface area (Å²) in [6.45, 7) is 6.64. The van der Waals surface area contributed by atoms with E-state index in [0.717, 1.165) is 22.9 Å². The van der Waals surface area contributed by atoms with Crippen LogP contribution in [0.1, 0.15) is 36.8 Å². The SMILES string of the molecule is Cc1ccc(CNc2ncnc(N)c2C(C)C)o1. The summed E-state index contributed by atoms with van der Waals surface area (Å²) in [5, 5.41) is 3.24. The van der Waals surface area contributed by atoms with Gasteiger partial charge < -0.3 is 15.5 Å². The zero-order valence-electron chi connectivity index (χ0n) is 10.9. The van der Waals surface area contributed by atoms with Crippen molar-refractivity contribution in [2.75, 3.05) is 11.1 Å². The van der Waals surface area contributed by atoms with Crippen LogP contribution in [0.4, 0.5) is 11.6 Å². The molecule has 0 aliphatic carbocycles. The highest BCUT2D eigenvalue weighted by molar-refractivity contribution is 5.56. The van der Waals surface area contributed by atoms with Crippen LogP contribution >= 0.6 is 0 Å². The number of furan rings is 1. The molecule has 0 saturated heterocycles. The summed E-state index contributed by atoms with van der Waals surface area (Å²) in [6.07, 6.45) is 1.47. The minimum absolute atomic E-state index is 0.270. The number of rotatable bonds is 4. The Balaban J connectivity index is 2.16. The van der Waals surface area contributed by atoms with Gasteiger partial charge in [-0.2, -0.15) is 0 Å². The van der Waals surface area contributed by atoms with Gasteiger partial charge in [-0.15, -0.1) is 0 Å². The molecule has 0 saturated carbocycles. The van der Waals surface area contributed by atoms with Gasteiger partial charge in [0.1, 0.15) is 29.5 Å². The molecule has 2 rings (SSSR count). The monoisotopic (exact) mass is 246 g/mol. The van der Waals surface area contributed by atoms with Gasteiger partial charge in [0.15, 0.2) is 0 Å². The maximum Gasteiger partial charge on any atom is 0.135 e. The summed E-state index contributed by atoms with van der Waals surface area (Å²) < 4.78 is 5.50. The van der Waals surface area contributed by atoms with E-state index in [2.05, 4.69) is 29.1 Å². The Labute approximate surface area is 106 Å². The number of hydrogen-bond donors (Lipinski definition) is 2. The molecule has 0 atom stereocenters. The molecule has 5 heteroatoms. The highest BCUT2D eigenvalue weighted by Gasteiger charge is 2.12. The van der Waals surface area contributed by atoms with Crippen molar-refractivity contribution in [1.82, 2.24) is 9.97 Å². The Kier molecular flexibility index (Phi) is 3.50. The minimum Gasteiger partial charge on any atom is -0.465 e. The van der Waals surface area contributed by atoms with E-state index in [9.17, 15) is 0 Å².